The molecule has 0 saturated carbocycles. The third-order valence-corrected chi connectivity index (χ3v) is 20.9. The number of aromatic nitrogens is 8. The SMILES string of the molecule is CCCCC(CC)COc1nnc(-c2ccc(COc3cc(COc4cc(Br)c(OCc5cc(OCc6ccc(-c7nnc(OCC(CC)CCCC)o7)cc6)cc(OCc6ccc(-c7nnc(OCC(CC)CCCC)o7)cc6)c5)cc4Br)cc(OCc4ccc(-c5nnc(OCC(CC)CCCC)o5)cc4)c3)cc2)o1. The summed E-state index contributed by atoms with van der Waals surface area (Å²) in [5, 5.41) is 33.7. The van der Waals surface area contributed by atoms with Crippen LogP contribution in [0.4, 0.5) is 0 Å². The van der Waals surface area contributed by atoms with Crippen LogP contribution in [0.15, 0.2) is 172 Å². The molecule has 4 unspecified atom stereocenters. The Morgan fingerprint density at radius 1 is 0.268 bits per heavy atom. The van der Waals surface area contributed by atoms with Gasteiger partial charge in [0.15, 0.2) is 0 Å². The van der Waals surface area contributed by atoms with Crippen LogP contribution in [-0.4, -0.2) is 67.2 Å². The highest BCUT2D eigenvalue weighted by Crippen LogP contribution is 2.39. The second-order valence-electron chi connectivity index (χ2n) is 28.3. The lowest BCUT2D eigenvalue weighted by molar-refractivity contribution is 0.180. The zero-order valence-electron chi connectivity index (χ0n) is 65.6. The standard InChI is InChI=1S/C88H104Br2N8O14/c1-9-17-21-59(13-5)49-105-85-95-91-81(109-85)69-33-25-63(26-34-69)53-99-73-41-67(42-74(45-73)100-54-64-27-35-70(36-28-64)82-92-96-86(110-82)106-50-60(14-6)22-18-10-2)57-103-79-47-78(90)80(48-77(79)89)104-58-68-43-75(101-55-65-29-37-71(38-30-65)83-93-97-87(111-83)107-51-61(15-7)23-19-11-3)46-76(44-68)102-56-66-31-39-72(40-32-66)84-94-98-88(112-84)108-52-62(16-8)24-20-12-4/h25-48,59-62H,9-24,49-58H2,1-8H3. The smallest absolute Gasteiger partial charge is 0.414 e. The molecule has 0 aliphatic rings. The average Bonchev–Trinajstić information content (AvgIpc) is 0.948. The summed E-state index contributed by atoms with van der Waals surface area (Å²) in [6, 6.07) is 46.5. The molecule has 0 aliphatic carbocycles. The normalized spacial score (nSPS) is 12.4. The second-order valence-corrected chi connectivity index (χ2v) is 30.0. The van der Waals surface area contributed by atoms with Gasteiger partial charge in [-0.05, 0) is 200 Å². The number of ether oxygens (including phenoxy) is 10. The van der Waals surface area contributed by atoms with E-state index in [0.29, 0.717) is 117 Å². The molecule has 4 aromatic heterocycles. The van der Waals surface area contributed by atoms with Crippen molar-refractivity contribution in [3.8, 4) is 105 Å². The Morgan fingerprint density at radius 3 is 0.723 bits per heavy atom. The number of rotatable bonds is 50. The van der Waals surface area contributed by atoms with E-state index < -0.39 is 0 Å². The van der Waals surface area contributed by atoms with E-state index in [9.17, 15) is 0 Å². The van der Waals surface area contributed by atoms with Crippen molar-refractivity contribution in [3.05, 3.63) is 188 Å². The monoisotopic (exact) mass is 1650 g/mol. The minimum Gasteiger partial charge on any atom is -0.489 e. The summed E-state index contributed by atoms with van der Waals surface area (Å²) in [6.07, 6.45) is 18.4. The molecule has 0 spiro atoms. The van der Waals surface area contributed by atoms with Gasteiger partial charge in [0, 0.05) is 34.4 Å². The molecule has 112 heavy (non-hydrogen) atoms. The summed E-state index contributed by atoms with van der Waals surface area (Å²) in [4.78, 5) is 0. The van der Waals surface area contributed by atoms with Gasteiger partial charge in [0.1, 0.15) is 74.1 Å². The molecule has 4 heterocycles. The highest BCUT2D eigenvalue weighted by molar-refractivity contribution is 9.11. The van der Waals surface area contributed by atoms with Crippen LogP contribution in [0.25, 0.3) is 45.8 Å². The van der Waals surface area contributed by atoms with E-state index in [4.69, 9.17) is 65.0 Å². The average molecular weight is 1660 g/mol. The van der Waals surface area contributed by atoms with Gasteiger partial charge in [-0.1, -0.05) is 201 Å². The van der Waals surface area contributed by atoms with E-state index in [-0.39, 0.29) is 63.9 Å². The van der Waals surface area contributed by atoms with Crippen molar-refractivity contribution >= 4 is 31.9 Å². The molecule has 24 heteroatoms. The van der Waals surface area contributed by atoms with Gasteiger partial charge in [0.05, 0.1) is 35.4 Å². The lowest BCUT2D eigenvalue weighted by atomic mass is 10.0. The topological polar surface area (TPSA) is 248 Å². The molecule has 11 rings (SSSR count). The van der Waals surface area contributed by atoms with Crippen LogP contribution in [-0.2, 0) is 39.6 Å². The molecule has 4 atom stereocenters. The van der Waals surface area contributed by atoms with E-state index in [2.05, 4.69) is 128 Å². The van der Waals surface area contributed by atoms with Gasteiger partial charge in [-0.15, -0.1) is 20.4 Å². The molecular weight excluding hydrogens is 1550 g/mol. The first-order valence-corrected chi connectivity index (χ1v) is 41.2. The summed E-state index contributed by atoms with van der Waals surface area (Å²) < 4.78 is 87.9. The fraction of sp³-hybridized carbons (Fsp3) is 0.432. The number of hydrogen-bond acceptors (Lipinski definition) is 22. The van der Waals surface area contributed by atoms with Gasteiger partial charge in [0.2, 0.25) is 0 Å². The fourth-order valence-electron chi connectivity index (χ4n) is 12.3. The van der Waals surface area contributed by atoms with Gasteiger partial charge in [-0.3, -0.25) is 0 Å². The largest absolute Gasteiger partial charge is 0.489 e. The van der Waals surface area contributed by atoms with Crippen molar-refractivity contribution in [3.63, 3.8) is 0 Å². The molecule has 0 bridgehead atoms. The first kappa shape index (κ1) is 83.0. The molecule has 0 radical (unpaired) electrons. The number of unbranched alkanes of at least 4 members (excludes halogenated alkanes) is 4. The number of benzene rings is 7. The number of halogens is 2. The minimum absolute atomic E-state index is 0.162. The molecule has 11 aromatic rings. The van der Waals surface area contributed by atoms with E-state index >= 15 is 0 Å². The second kappa shape index (κ2) is 43.8. The number of nitrogens with zero attached hydrogens (tertiary/aromatic N) is 8. The van der Waals surface area contributed by atoms with Crippen molar-refractivity contribution in [2.45, 2.75) is 198 Å². The quantitative estimate of drug-likeness (QED) is 0.0344. The van der Waals surface area contributed by atoms with E-state index in [1.54, 1.807) is 0 Å². The maximum atomic E-state index is 6.58. The first-order chi connectivity index (χ1) is 54.8. The van der Waals surface area contributed by atoms with E-state index in [1.165, 1.54) is 0 Å². The van der Waals surface area contributed by atoms with Gasteiger partial charge >= 0.3 is 24.3 Å². The van der Waals surface area contributed by atoms with Crippen LogP contribution < -0.4 is 47.4 Å². The summed E-state index contributed by atoms with van der Waals surface area (Å²) >= 11 is 7.59. The fourth-order valence-corrected chi connectivity index (χ4v) is 13.2. The Balaban J connectivity index is 0.757. The summed E-state index contributed by atoms with van der Waals surface area (Å²) in [5.41, 5.74) is 8.36. The minimum atomic E-state index is 0.162. The maximum Gasteiger partial charge on any atom is 0.414 e. The van der Waals surface area contributed by atoms with Gasteiger partial charge in [0.25, 0.3) is 23.6 Å². The van der Waals surface area contributed by atoms with E-state index in [1.807, 2.05) is 146 Å². The van der Waals surface area contributed by atoms with Crippen LogP contribution >= 0.6 is 31.9 Å². The van der Waals surface area contributed by atoms with Crippen molar-refractivity contribution in [2.75, 3.05) is 26.4 Å². The van der Waals surface area contributed by atoms with Crippen molar-refractivity contribution < 1.29 is 65.0 Å². The van der Waals surface area contributed by atoms with Crippen molar-refractivity contribution in [2.24, 2.45) is 23.7 Å². The third-order valence-electron chi connectivity index (χ3n) is 19.6. The molecule has 0 fully saturated rings. The van der Waals surface area contributed by atoms with Crippen LogP contribution in [0.2, 0.25) is 0 Å². The molecule has 0 aliphatic heterocycles. The summed E-state index contributed by atoms with van der Waals surface area (Å²) in [6.45, 7) is 21.0. The highest BCUT2D eigenvalue weighted by atomic mass is 79.9. The van der Waals surface area contributed by atoms with E-state index in [0.717, 1.165) is 158 Å². The molecule has 0 amide bonds. The molecule has 22 nitrogen and oxygen atoms in total. The van der Waals surface area contributed by atoms with Crippen LogP contribution in [0.5, 0.6) is 58.8 Å². The Labute approximate surface area is 674 Å². The molecule has 0 N–H and O–H groups in total. The molecule has 0 saturated heterocycles. The molecular formula is C88H104Br2N8O14. The maximum absolute atomic E-state index is 6.58. The predicted octanol–water partition coefficient (Wildman–Crippen LogP) is 23.3. The third kappa shape index (κ3) is 25.5. The van der Waals surface area contributed by atoms with Gasteiger partial charge in [-0.2, -0.15) is 0 Å². The summed E-state index contributed by atoms with van der Waals surface area (Å²) in [7, 11) is 0. The Kier molecular flexibility index (Phi) is 32.4. The predicted molar refractivity (Wildman–Crippen MR) is 435 cm³/mol. The zero-order valence-corrected chi connectivity index (χ0v) is 68.8. The summed E-state index contributed by atoms with van der Waals surface area (Å²) in [5.74, 6) is 6.71. The van der Waals surface area contributed by atoms with Gasteiger partial charge in [-0.25, -0.2) is 0 Å². The number of hydrogen-bond donors (Lipinski definition) is 0. The zero-order chi connectivity index (χ0) is 78.2. The van der Waals surface area contributed by atoms with Crippen LogP contribution in [0.3, 0.4) is 0 Å². The lowest BCUT2D eigenvalue weighted by Gasteiger charge is -2.16. The molecule has 7 aromatic carbocycles. The Hall–Kier alpha value is -9.94. The van der Waals surface area contributed by atoms with Crippen molar-refractivity contribution in [1.82, 2.24) is 40.8 Å². The van der Waals surface area contributed by atoms with Crippen LogP contribution in [0, 0.1) is 23.7 Å². The Bertz CT molecular complexity index is 4050. The lowest BCUT2D eigenvalue weighted by Crippen LogP contribution is -2.11. The highest BCUT2D eigenvalue weighted by Gasteiger charge is 2.21. The van der Waals surface area contributed by atoms with Crippen LogP contribution in [0.1, 0.15) is 192 Å². The van der Waals surface area contributed by atoms with Gasteiger partial charge < -0.3 is 65.0 Å². The van der Waals surface area contributed by atoms with Crippen molar-refractivity contribution in [1.29, 1.82) is 0 Å². The molecule has 594 valence electrons. The first-order valence-electron chi connectivity index (χ1n) is 39.6. The Morgan fingerprint density at radius 2 is 0.500 bits per heavy atom.